The predicted octanol–water partition coefficient (Wildman–Crippen LogP) is 5.83. The molecule has 0 amide bonds. The summed E-state index contributed by atoms with van der Waals surface area (Å²) in [6, 6.07) is 24.7. The molecular weight excluding hydrogens is 486 g/mol. The average Bonchev–Trinajstić information content (AvgIpc) is 3.00. The summed E-state index contributed by atoms with van der Waals surface area (Å²) in [6.45, 7) is 2.06. The molecule has 0 aliphatic heterocycles. The van der Waals surface area contributed by atoms with Crippen LogP contribution in [0.4, 0.5) is 5.82 Å². The first-order chi connectivity index (χ1) is 19.2. The molecule has 6 rings (SSSR count). The number of nitriles is 1. The van der Waals surface area contributed by atoms with Gasteiger partial charge >= 0.3 is 0 Å². The highest BCUT2D eigenvalue weighted by atomic mass is 16.1. The van der Waals surface area contributed by atoms with Gasteiger partial charge in [-0.05, 0) is 53.8 Å². The SMILES string of the molecule is CCC(Nc1ncnc2ccc(C#N)cc12)c1cc2cccc(-c3cncnc3)c2c(=O)n1-c1ccccc1. The van der Waals surface area contributed by atoms with Gasteiger partial charge in [-0.15, -0.1) is 0 Å². The fourth-order valence-electron chi connectivity index (χ4n) is 4.95. The van der Waals surface area contributed by atoms with Crippen molar-refractivity contribution in [2.24, 2.45) is 0 Å². The van der Waals surface area contributed by atoms with E-state index in [0.717, 1.165) is 38.8 Å². The summed E-state index contributed by atoms with van der Waals surface area (Å²) in [5, 5.41) is 15.1. The standard InChI is InChI=1S/C31H23N7O/c1-2-26(37-30-25-13-20(15-32)11-12-27(25)35-19-36-30)28-14-21-7-6-10-24(22-16-33-18-34-17-22)29(21)31(39)38(28)23-8-4-3-5-9-23/h3-14,16-19,26H,2H2,1H3,(H,35,36,37). The Balaban J connectivity index is 1.58. The van der Waals surface area contributed by atoms with Gasteiger partial charge in [0.05, 0.1) is 28.6 Å². The summed E-state index contributed by atoms with van der Waals surface area (Å²) in [4.78, 5) is 31.5. The van der Waals surface area contributed by atoms with E-state index in [0.29, 0.717) is 23.2 Å². The first kappa shape index (κ1) is 23.9. The van der Waals surface area contributed by atoms with Crippen LogP contribution >= 0.6 is 0 Å². The van der Waals surface area contributed by atoms with Crippen LogP contribution in [-0.2, 0) is 0 Å². The van der Waals surface area contributed by atoms with Gasteiger partial charge < -0.3 is 5.32 Å². The Labute approximate surface area is 224 Å². The van der Waals surface area contributed by atoms with Crippen molar-refractivity contribution in [2.75, 3.05) is 5.32 Å². The van der Waals surface area contributed by atoms with E-state index in [9.17, 15) is 10.1 Å². The third-order valence-electron chi connectivity index (χ3n) is 6.80. The fourth-order valence-corrected chi connectivity index (χ4v) is 4.95. The number of aromatic nitrogens is 5. The van der Waals surface area contributed by atoms with Gasteiger partial charge in [0.1, 0.15) is 18.5 Å². The number of pyridine rings is 1. The molecule has 0 bridgehead atoms. The third kappa shape index (κ3) is 4.36. The smallest absolute Gasteiger partial charge is 0.263 e. The Kier molecular flexibility index (Phi) is 6.23. The number of benzene rings is 3. The van der Waals surface area contributed by atoms with E-state index in [1.807, 2.05) is 54.6 Å². The zero-order valence-electron chi connectivity index (χ0n) is 21.1. The summed E-state index contributed by atoms with van der Waals surface area (Å²) in [5.74, 6) is 0.603. The molecule has 8 nitrogen and oxygen atoms in total. The van der Waals surface area contributed by atoms with Gasteiger partial charge in [-0.3, -0.25) is 9.36 Å². The minimum atomic E-state index is -0.269. The molecule has 8 heteroatoms. The lowest BCUT2D eigenvalue weighted by Crippen LogP contribution is -2.27. The van der Waals surface area contributed by atoms with Gasteiger partial charge in [-0.1, -0.05) is 43.3 Å². The Morgan fingerprint density at radius 3 is 2.54 bits per heavy atom. The third-order valence-corrected chi connectivity index (χ3v) is 6.80. The number of hydrogen-bond donors (Lipinski definition) is 1. The lowest BCUT2D eigenvalue weighted by molar-refractivity contribution is 0.689. The quantitative estimate of drug-likeness (QED) is 0.301. The maximum Gasteiger partial charge on any atom is 0.263 e. The van der Waals surface area contributed by atoms with Crippen molar-refractivity contribution in [1.82, 2.24) is 24.5 Å². The zero-order valence-corrected chi connectivity index (χ0v) is 21.1. The lowest BCUT2D eigenvalue weighted by atomic mass is 9.98. The second-order valence-electron chi connectivity index (χ2n) is 9.11. The number of nitrogens with zero attached hydrogens (tertiary/aromatic N) is 6. The molecule has 3 aromatic carbocycles. The van der Waals surface area contributed by atoms with E-state index in [1.165, 1.54) is 12.7 Å². The predicted molar refractivity (Wildman–Crippen MR) is 151 cm³/mol. The van der Waals surface area contributed by atoms with Crippen LogP contribution in [-0.4, -0.2) is 24.5 Å². The van der Waals surface area contributed by atoms with E-state index < -0.39 is 0 Å². The molecule has 188 valence electrons. The summed E-state index contributed by atoms with van der Waals surface area (Å²) >= 11 is 0. The fraction of sp³-hybridized carbons (Fsp3) is 0.0968. The molecule has 6 aromatic rings. The van der Waals surface area contributed by atoms with E-state index in [1.54, 1.807) is 29.1 Å². The van der Waals surface area contributed by atoms with Gasteiger partial charge in [0.25, 0.3) is 5.56 Å². The van der Waals surface area contributed by atoms with E-state index in [4.69, 9.17) is 0 Å². The van der Waals surface area contributed by atoms with Crippen molar-refractivity contribution in [3.05, 3.63) is 119 Å². The van der Waals surface area contributed by atoms with Crippen LogP contribution < -0.4 is 10.9 Å². The van der Waals surface area contributed by atoms with Crippen molar-refractivity contribution in [2.45, 2.75) is 19.4 Å². The molecule has 0 aliphatic carbocycles. The second-order valence-corrected chi connectivity index (χ2v) is 9.11. The Morgan fingerprint density at radius 1 is 0.949 bits per heavy atom. The van der Waals surface area contributed by atoms with Gasteiger partial charge in [0, 0.05) is 34.7 Å². The molecular formula is C31H23N7O. The molecule has 0 fully saturated rings. The maximum absolute atomic E-state index is 14.3. The van der Waals surface area contributed by atoms with Gasteiger partial charge in [0.2, 0.25) is 0 Å². The van der Waals surface area contributed by atoms with Crippen molar-refractivity contribution in [3.63, 3.8) is 0 Å². The monoisotopic (exact) mass is 509 g/mol. The largest absolute Gasteiger partial charge is 0.361 e. The van der Waals surface area contributed by atoms with Crippen molar-refractivity contribution < 1.29 is 0 Å². The van der Waals surface area contributed by atoms with Crippen LogP contribution in [0.15, 0.2) is 103 Å². The Bertz CT molecular complexity index is 1910. The highest BCUT2D eigenvalue weighted by Gasteiger charge is 2.21. The lowest BCUT2D eigenvalue weighted by Gasteiger charge is -2.24. The number of anilines is 1. The number of rotatable bonds is 6. The van der Waals surface area contributed by atoms with Crippen molar-refractivity contribution in [3.8, 4) is 22.9 Å². The minimum absolute atomic E-state index is 0.132. The summed E-state index contributed by atoms with van der Waals surface area (Å²) in [5.41, 5.74) is 4.24. The molecule has 0 saturated heterocycles. The van der Waals surface area contributed by atoms with Gasteiger partial charge in [-0.2, -0.15) is 5.26 Å². The van der Waals surface area contributed by atoms with Crippen LogP contribution in [0.3, 0.4) is 0 Å². The number of para-hydroxylation sites is 1. The highest BCUT2D eigenvalue weighted by Crippen LogP contribution is 2.32. The second kappa shape index (κ2) is 10.1. The minimum Gasteiger partial charge on any atom is -0.361 e. The highest BCUT2D eigenvalue weighted by molar-refractivity contribution is 5.96. The van der Waals surface area contributed by atoms with Crippen LogP contribution in [0.5, 0.6) is 0 Å². The molecule has 39 heavy (non-hydrogen) atoms. The first-order valence-electron chi connectivity index (χ1n) is 12.6. The molecule has 3 heterocycles. The van der Waals surface area contributed by atoms with Crippen molar-refractivity contribution >= 4 is 27.5 Å². The molecule has 1 atom stereocenters. The van der Waals surface area contributed by atoms with Crippen LogP contribution in [0.1, 0.15) is 30.6 Å². The van der Waals surface area contributed by atoms with Crippen LogP contribution in [0.25, 0.3) is 38.5 Å². The topological polar surface area (TPSA) is 109 Å². The van der Waals surface area contributed by atoms with Crippen LogP contribution in [0.2, 0.25) is 0 Å². The molecule has 1 unspecified atom stereocenters. The average molecular weight is 510 g/mol. The van der Waals surface area contributed by atoms with Crippen molar-refractivity contribution in [1.29, 1.82) is 5.26 Å². The first-order valence-corrected chi connectivity index (χ1v) is 12.6. The van der Waals surface area contributed by atoms with Crippen LogP contribution in [0, 0.1) is 11.3 Å². The summed E-state index contributed by atoms with van der Waals surface area (Å²) in [6.07, 6.45) is 7.08. The molecule has 0 aliphatic rings. The molecule has 0 spiro atoms. The summed E-state index contributed by atoms with van der Waals surface area (Å²) in [7, 11) is 0. The van der Waals surface area contributed by atoms with Gasteiger partial charge in [-0.25, -0.2) is 19.9 Å². The zero-order chi connectivity index (χ0) is 26.8. The van der Waals surface area contributed by atoms with E-state index >= 15 is 0 Å². The number of hydrogen-bond acceptors (Lipinski definition) is 7. The van der Waals surface area contributed by atoms with Gasteiger partial charge in [0.15, 0.2) is 0 Å². The molecule has 0 saturated carbocycles. The Morgan fingerprint density at radius 2 is 1.77 bits per heavy atom. The van der Waals surface area contributed by atoms with E-state index in [-0.39, 0.29) is 11.6 Å². The normalized spacial score (nSPS) is 11.8. The summed E-state index contributed by atoms with van der Waals surface area (Å²) < 4.78 is 1.76. The molecule has 3 aromatic heterocycles. The maximum atomic E-state index is 14.3. The number of fused-ring (bicyclic) bond motifs is 2. The molecule has 0 radical (unpaired) electrons. The molecule has 1 N–H and O–H groups in total. The number of nitrogens with one attached hydrogen (secondary N) is 1. The Hall–Kier alpha value is -5.42. The van der Waals surface area contributed by atoms with E-state index in [2.05, 4.69) is 44.3 Å².